The summed E-state index contributed by atoms with van der Waals surface area (Å²) < 4.78 is 0. The minimum Gasteiger partial charge on any atom is -0.386 e. The lowest BCUT2D eigenvalue weighted by Gasteiger charge is -2.62. The molecule has 1 heterocycles. The summed E-state index contributed by atoms with van der Waals surface area (Å²) in [4.78, 5) is 15.1. The molecule has 5 fully saturated rings. The highest BCUT2D eigenvalue weighted by Crippen LogP contribution is 2.65. The van der Waals surface area contributed by atoms with E-state index < -0.39 is 5.60 Å². The first-order valence-electron chi connectivity index (χ1n) is 8.76. The summed E-state index contributed by atoms with van der Waals surface area (Å²) in [6.45, 7) is 7.61. The molecule has 0 aromatic carbocycles. The molecule has 2 atom stereocenters. The first-order chi connectivity index (χ1) is 9.74. The van der Waals surface area contributed by atoms with Gasteiger partial charge in [-0.3, -0.25) is 4.79 Å². The largest absolute Gasteiger partial charge is 0.386 e. The number of aliphatic hydroxyl groups is 1. The number of carbonyl (C=O) groups is 1. The normalized spacial score (nSPS) is 46.8. The maximum absolute atomic E-state index is 13.1. The van der Waals surface area contributed by atoms with E-state index in [9.17, 15) is 9.90 Å². The summed E-state index contributed by atoms with van der Waals surface area (Å²) in [6, 6.07) is 0. The lowest BCUT2D eigenvalue weighted by molar-refractivity contribution is -0.190. The number of hydrogen-bond acceptors (Lipinski definition) is 2. The second-order valence-corrected chi connectivity index (χ2v) is 9.47. The summed E-state index contributed by atoms with van der Waals surface area (Å²) in [7, 11) is 0. The van der Waals surface area contributed by atoms with Crippen molar-refractivity contribution in [2.24, 2.45) is 28.6 Å². The molecule has 4 saturated carbocycles. The maximum atomic E-state index is 13.1. The third kappa shape index (κ3) is 1.92. The number of carbonyl (C=O) groups excluding carboxylic acids is 1. The number of hydrogen-bond donors (Lipinski definition) is 1. The molecule has 3 nitrogen and oxygen atoms in total. The van der Waals surface area contributed by atoms with Crippen molar-refractivity contribution in [2.75, 3.05) is 13.1 Å². The topological polar surface area (TPSA) is 40.5 Å². The third-order valence-corrected chi connectivity index (χ3v) is 7.10. The Hall–Kier alpha value is -0.570. The lowest BCUT2D eigenvalue weighted by atomic mass is 9.44. The number of amides is 1. The van der Waals surface area contributed by atoms with Gasteiger partial charge < -0.3 is 10.0 Å². The van der Waals surface area contributed by atoms with E-state index in [1.54, 1.807) is 0 Å². The molecule has 1 amide bonds. The van der Waals surface area contributed by atoms with E-state index in [0.717, 1.165) is 31.1 Å². The third-order valence-electron chi connectivity index (χ3n) is 7.10. The first-order valence-corrected chi connectivity index (χ1v) is 8.76. The van der Waals surface area contributed by atoms with Gasteiger partial charge >= 0.3 is 0 Å². The van der Waals surface area contributed by atoms with Gasteiger partial charge in [0.1, 0.15) is 5.60 Å². The van der Waals surface area contributed by atoms with Crippen LogP contribution in [0.25, 0.3) is 0 Å². The van der Waals surface area contributed by atoms with Crippen LogP contribution in [0.3, 0.4) is 0 Å². The zero-order valence-electron chi connectivity index (χ0n) is 13.7. The molecule has 4 aliphatic carbocycles. The lowest BCUT2D eigenvalue weighted by Crippen LogP contribution is -2.69. The molecule has 1 N–H and O–H groups in total. The SMILES string of the molecule is CC(C)C1(O)CN(C(=O)C23CC4CC(CC(C)(C4)C2)C3)C1. The van der Waals surface area contributed by atoms with Crippen LogP contribution >= 0.6 is 0 Å². The molecule has 5 aliphatic rings. The predicted octanol–water partition coefficient (Wildman–Crippen LogP) is 2.82. The molecule has 4 bridgehead atoms. The van der Waals surface area contributed by atoms with E-state index in [4.69, 9.17) is 0 Å². The van der Waals surface area contributed by atoms with Gasteiger partial charge in [-0.15, -0.1) is 0 Å². The molecule has 1 saturated heterocycles. The molecule has 1 aliphatic heterocycles. The van der Waals surface area contributed by atoms with Crippen LogP contribution in [-0.2, 0) is 4.79 Å². The first kappa shape index (κ1) is 14.0. The van der Waals surface area contributed by atoms with E-state index in [0.29, 0.717) is 24.4 Å². The Morgan fingerprint density at radius 3 is 2.19 bits per heavy atom. The van der Waals surface area contributed by atoms with Gasteiger partial charge in [0.15, 0.2) is 0 Å². The summed E-state index contributed by atoms with van der Waals surface area (Å²) in [6.07, 6.45) is 7.38. The summed E-state index contributed by atoms with van der Waals surface area (Å²) in [5.74, 6) is 2.17. The summed E-state index contributed by atoms with van der Waals surface area (Å²) in [5, 5.41) is 10.4. The molecule has 0 aromatic heterocycles. The van der Waals surface area contributed by atoms with Crippen molar-refractivity contribution in [1.29, 1.82) is 0 Å². The van der Waals surface area contributed by atoms with Crippen LogP contribution in [-0.4, -0.2) is 34.6 Å². The van der Waals surface area contributed by atoms with E-state index in [2.05, 4.69) is 6.92 Å². The molecule has 5 rings (SSSR count). The Kier molecular flexibility index (Phi) is 2.70. The molecule has 3 heteroatoms. The number of rotatable bonds is 2. The van der Waals surface area contributed by atoms with Gasteiger partial charge in [0, 0.05) is 0 Å². The predicted molar refractivity (Wildman–Crippen MR) is 81.6 cm³/mol. The Morgan fingerprint density at radius 1 is 1.14 bits per heavy atom. The highest BCUT2D eigenvalue weighted by molar-refractivity contribution is 5.84. The van der Waals surface area contributed by atoms with Crippen LogP contribution < -0.4 is 0 Å². The standard InChI is InChI=1S/C18H29NO2/c1-12(2)18(21)10-19(11-18)15(20)17-7-13-4-14(8-17)6-16(3,5-13)9-17/h12-14,21H,4-11H2,1-3H3. The van der Waals surface area contributed by atoms with Crippen LogP contribution in [0.1, 0.15) is 59.3 Å². The van der Waals surface area contributed by atoms with E-state index in [-0.39, 0.29) is 11.3 Å². The average molecular weight is 291 g/mol. The van der Waals surface area contributed by atoms with Crippen molar-refractivity contribution >= 4 is 5.91 Å². The smallest absolute Gasteiger partial charge is 0.229 e. The maximum Gasteiger partial charge on any atom is 0.229 e. The van der Waals surface area contributed by atoms with Crippen molar-refractivity contribution in [3.8, 4) is 0 Å². The molecular formula is C18H29NO2. The minimum atomic E-state index is -0.637. The van der Waals surface area contributed by atoms with Gasteiger partial charge in [-0.25, -0.2) is 0 Å². The Labute approximate surface area is 128 Å². The van der Waals surface area contributed by atoms with Crippen LogP contribution in [0, 0.1) is 28.6 Å². The average Bonchev–Trinajstić information content (AvgIpc) is 2.30. The van der Waals surface area contributed by atoms with Gasteiger partial charge in [0.25, 0.3) is 0 Å². The van der Waals surface area contributed by atoms with Crippen molar-refractivity contribution in [2.45, 2.75) is 64.9 Å². The fourth-order valence-electron chi connectivity index (χ4n) is 6.43. The zero-order valence-corrected chi connectivity index (χ0v) is 13.7. The zero-order chi connectivity index (χ0) is 15.0. The van der Waals surface area contributed by atoms with Gasteiger partial charge in [-0.1, -0.05) is 20.8 Å². The summed E-state index contributed by atoms with van der Waals surface area (Å²) >= 11 is 0. The highest BCUT2D eigenvalue weighted by Gasteiger charge is 2.61. The van der Waals surface area contributed by atoms with Gasteiger partial charge in [-0.2, -0.15) is 0 Å². The summed E-state index contributed by atoms with van der Waals surface area (Å²) in [5.41, 5.74) is -0.294. The molecule has 2 unspecified atom stereocenters. The van der Waals surface area contributed by atoms with Crippen molar-refractivity contribution in [3.05, 3.63) is 0 Å². The minimum absolute atomic E-state index is 0.0723. The molecule has 0 aromatic rings. The molecular weight excluding hydrogens is 262 g/mol. The quantitative estimate of drug-likeness (QED) is 0.850. The molecule has 0 spiro atoms. The van der Waals surface area contributed by atoms with Crippen LogP contribution in [0.4, 0.5) is 0 Å². The van der Waals surface area contributed by atoms with Gasteiger partial charge in [0.2, 0.25) is 5.91 Å². The van der Waals surface area contributed by atoms with E-state index in [1.165, 1.54) is 19.3 Å². The Bertz CT molecular complexity index is 464. The Balaban J connectivity index is 1.53. The second kappa shape index (κ2) is 4.04. The van der Waals surface area contributed by atoms with E-state index in [1.807, 2.05) is 18.7 Å². The van der Waals surface area contributed by atoms with Gasteiger partial charge in [0.05, 0.1) is 18.5 Å². The second-order valence-electron chi connectivity index (χ2n) is 9.47. The Morgan fingerprint density at radius 2 is 1.71 bits per heavy atom. The molecule has 118 valence electrons. The fourth-order valence-corrected chi connectivity index (χ4v) is 6.43. The molecule has 21 heavy (non-hydrogen) atoms. The van der Waals surface area contributed by atoms with Crippen LogP contribution in [0.15, 0.2) is 0 Å². The molecule has 0 radical (unpaired) electrons. The highest BCUT2D eigenvalue weighted by atomic mass is 16.3. The van der Waals surface area contributed by atoms with Crippen molar-refractivity contribution < 1.29 is 9.90 Å². The van der Waals surface area contributed by atoms with Crippen LogP contribution in [0.5, 0.6) is 0 Å². The van der Waals surface area contributed by atoms with Crippen molar-refractivity contribution in [1.82, 2.24) is 4.90 Å². The van der Waals surface area contributed by atoms with E-state index >= 15 is 0 Å². The monoisotopic (exact) mass is 291 g/mol. The fraction of sp³-hybridized carbons (Fsp3) is 0.944. The van der Waals surface area contributed by atoms with Crippen molar-refractivity contribution in [3.63, 3.8) is 0 Å². The van der Waals surface area contributed by atoms with Crippen LogP contribution in [0.2, 0.25) is 0 Å². The number of likely N-dealkylation sites (tertiary alicyclic amines) is 1. The number of nitrogens with zero attached hydrogens (tertiary/aromatic N) is 1. The number of β-amino-alcohol motifs (C(OH)–C–C–N with tert-alkyl or cyclic N) is 1. The van der Waals surface area contributed by atoms with Gasteiger partial charge in [-0.05, 0) is 61.7 Å².